The quantitative estimate of drug-likeness (QED) is 0.0564. The van der Waals surface area contributed by atoms with Gasteiger partial charge in [0, 0.05) is 105 Å². The molecule has 4 aliphatic heterocycles. The van der Waals surface area contributed by atoms with Gasteiger partial charge in [-0.2, -0.15) is 0 Å². The van der Waals surface area contributed by atoms with E-state index in [1.54, 1.807) is 44.6 Å². The molecular weight excluding hydrogens is 1060 g/mol. The number of nitrogens with one attached hydrogen (secondary N) is 2. The van der Waals surface area contributed by atoms with Crippen LogP contribution in [0.2, 0.25) is 0 Å². The number of esters is 1. The number of phenols is 1. The number of carbonyl (C=O) groups is 4. The topological polar surface area (TPSA) is 228 Å². The second-order valence-electron chi connectivity index (χ2n) is 23.9. The van der Waals surface area contributed by atoms with E-state index < -0.39 is 63.4 Å². The van der Waals surface area contributed by atoms with E-state index in [1.807, 2.05) is 45.0 Å². The number of aromatic hydroxyl groups is 1. The molecule has 0 spiro atoms. The summed E-state index contributed by atoms with van der Waals surface area (Å²) >= 11 is 0. The van der Waals surface area contributed by atoms with E-state index in [0.29, 0.717) is 93.7 Å². The van der Waals surface area contributed by atoms with Gasteiger partial charge in [0.05, 0.1) is 35.9 Å². The van der Waals surface area contributed by atoms with Gasteiger partial charge in [-0.25, -0.2) is 13.8 Å². The van der Waals surface area contributed by atoms with Gasteiger partial charge in [-0.1, -0.05) is 63.8 Å². The second kappa shape index (κ2) is 25.0. The summed E-state index contributed by atoms with van der Waals surface area (Å²) in [6.07, 6.45) is 4.92. The van der Waals surface area contributed by atoms with Crippen LogP contribution in [0.5, 0.6) is 5.75 Å². The number of likely N-dealkylation sites (tertiary alicyclic amines) is 1. The Hall–Kier alpha value is -6.82. The number of carbonyl (C=O) groups excluding carboxylic acids is 4. The fourth-order valence-corrected chi connectivity index (χ4v) is 13.4. The molecule has 3 fully saturated rings. The number of nitrogens with two attached hydrogens (primary N) is 1. The van der Waals surface area contributed by atoms with Crippen molar-refractivity contribution >= 4 is 50.1 Å². The van der Waals surface area contributed by atoms with Gasteiger partial charge in [0.25, 0.3) is 11.8 Å². The van der Waals surface area contributed by atoms with Crippen LogP contribution in [0.4, 0.5) is 5.69 Å². The van der Waals surface area contributed by atoms with Gasteiger partial charge in [0.15, 0.2) is 0 Å². The average molecular weight is 1140 g/mol. The first-order chi connectivity index (χ1) is 39.0. The Morgan fingerprint density at radius 2 is 1.74 bits per heavy atom. The van der Waals surface area contributed by atoms with Crippen molar-refractivity contribution in [1.82, 2.24) is 35.1 Å². The fraction of sp³-hybridized carbons (Fsp3) is 0.508. The van der Waals surface area contributed by atoms with Gasteiger partial charge < -0.3 is 39.8 Å². The lowest BCUT2D eigenvalue weighted by Gasteiger charge is -2.37. The number of methoxy groups -OCH3 is 1. The predicted octanol–water partition coefficient (Wildman–Crippen LogP) is 6.95. The molecule has 18 nitrogen and oxygen atoms in total. The van der Waals surface area contributed by atoms with Gasteiger partial charge in [-0.15, -0.1) is 0 Å². The number of sulfone groups is 1. The van der Waals surface area contributed by atoms with Crippen molar-refractivity contribution in [1.29, 1.82) is 0 Å². The first-order valence-corrected chi connectivity index (χ1v) is 30.7. The van der Waals surface area contributed by atoms with E-state index in [1.165, 1.54) is 16.2 Å². The Balaban J connectivity index is 1.09. The number of fused-ring (bicyclic) bond motifs is 6. The number of anilines is 1. The predicted molar refractivity (Wildman–Crippen MR) is 316 cm³/mol. The summed E-state index contributed by atoms with van der Waals surface area (Å²) in [5, 5.41) is 16.6. The van der Waals surface area contributed by atoms with Gasteiger partial charge in [0.2, 0.25) is 5.91 Å². The molecule has 3 amide bonds. The van der Waals surface area contributed by atoms with Crippen molar-refractivity contribution < 1.29 is 46.9 Å². The maximum Gasteiger partial charge on any atom is 0.324 e. The molecule has 2 aromatic heterocycles. The van der Waals surface area contributed by atoms with Crippen LogP contribution in [0.15, 0.2) is 72.9 Å². The highest BCUT2D eigenvalue weighted by Crippen LogP contribution is 2.43. The lowest BCUT2D eigenvalue weighted by Crippen LogP contribution is -2.62. The molecule has 5 unspecified atom stereocenters. The number of pyridine rings is 1. The molecule has 0 aliphatic carbocycles. The molecule has 4 aliphatic rings. The molecule has 19 heteroatoms. The summed E-state index contributed by atoms with van der Waals surface area (Å²) in [4.78, 5) is 67.1. The van der Waals surface area contributed by atoms with Crippen molar-refractivity contribution in [3.63, 3.8) is 0 Å². The number of hydrazine groups is 1. The SMILES string of the molecule is CCn1c(-c2cc(C#CCN3CCC(S(C)(=O)=O)CC3)cnc2C(C)OC)c2c3cc(ccc31)-c1cc(O)cc(c1)C[C@H](NC(=O)C(C(C)C)N(C)C(=O)C1OCCC1c1ccc(N)cc1)C(=O)N1CCCC(N1)C(=O)OCC(C)(C)C2. The maximum atomic E-state index is 15.0. The summed E-state index contributed by atoms with van der Waals surface area (Å²) in [6.45, 7) is 14.9. The number of rotatable bonds is 12. The number of aryl methyl sites for hydroxylation is 1. The molecular formula is C63H80N8O10S. The molecule has 6 atom stereocenters. The zero-order valence-corrected chi connectivity index (χ0v) is 49.6. The summed E-state index contributed by atoms with van der Waals surface area (Å²) in [6, 6.07) is 17.8. The Labute approximate surface area is 482 Å². The van der Waals surface area contributed by atoms with E-state index in [9.17, 15) is 32.7 Å². The number of likely N-dealkylation sites (N-methyl/N-ethyl adjacent to an activating group) is 1. The lowest BCUT2D eigenvalue weighted by atomic mass is 9.84. The van der Waals surface area contributed by atoms with Crippen LogP contribution in [-0.2, 0) is 62.6 Å². The molecule has 6 bridgehead atoms. The third-order valence-corrected chi connectivity index (χ3v) is 18.5. The molecule has 9 rings (SSSR count). The molecule has 438 valence electrons. The molecule has 5 aromatic rings. The first-order valence-electron chi connectivity index (χ1n) is 28.7. The number of cyclic esters (lactones) is 1. The number of nitrogen functional groups attached to an aromatic ring is 1. The van der Waals surface area contributed by atoms with E-state index in [4.69, 9.17) is 24.9 Å². The normalized spacial score (nSPS) is 21.8. The Bertz CT molecular complexity index is 3380. The molecule has 3 aromatic carbocycles. The summed E-state index contributed by atoms with van der Waals surface area (Å²) in [7, 11) is 0.145. The van der Waals surface area contributed by atoms with E-state index in [0.717, 1.165) is 44.5 Å². The molecule has 82 heavy (non-hydrogen) atoms. The summed E-state index contributed by atoms with van der Waals surface area (Å²) in [5.74, 6) is 4.12. The molecule has 5 N–H and O–H groups in total. The third-order valence-electron chi connectivity index (χ3n) is 16.8. The van der Waals surface area contributed by atoms with E-state index in [-0.39, 0.29) is 48.3 Å². The van der Waals surface area contributed by atoms with Crippen molar-refractivity contribution in [3.05, 3.63) is 101 Å². The average Bonchev–Trinajstić information content (AvgIpc) is 3.49. The van der Waals surface area contributed by atoms with Crippen LogP contribution in [0, 0.1) is 23.2 Å². The van der Waals surface area contributed by atoms with Gasteiger partial charge in [-0.3, -0.25) is 34.1 Å². The number of piperidine rings is 1. The number of hydrogen-bond acceptors (Lipinski definition) is 14. The minimum atomic E-state index is -3.10. The minimum absolute atomic E-state index is 0.0372. The van der Waals surface area contributed by atoms with Crippen LogP contribution in [0.1, 0.15) is 114 Å². The number of nitrogens with zero attached hydrogens (tertiary/aromatic N) is 5. The monoisotopic (exact) mass is 1140 g/mol. The third kappa shape index (κ3) is 13.2. The van der Waals surface area contributed by atoms with Crippen LogP contribution in [-0.4, -0.2) is 151 Å². The zero-order valence-electron chi connectivity index (χ0n) is 48.8. The standard InChI is InChI=1S/C63H80N8O10S/c1-10-70-54-20-17-43-34-49(54)51(57(70)50-31-40(36-65-55(50)39(4)79-8)13-11-24-69-26-21-47(22-27-69)82(9,77)78)35-63(5,6)37-81-62(76)52-14-12-25-71(67-52)60(74)53(32-41-29-44(43)33-46(72)30-41)66-59(73)56(38(2)3)68(7)61(75)58-48(23-28-80-58)42-15-18-45(64)19-16-42/h15-20,29-31,33-34,36,38-39,47-48,52-53,56,58,67,72H,10,12,14,21-28,32,35,37,64H2,1-9H3,(H,66,73)/t39?,48?,52?,53-,56?,58?/m0/s1. The number of phenolic OH excluding ortho intramolecular Hbond substituents is 1. The van der Waals surface area contributed by atoms with Crippen LogP contribution >= 0.6 is 0 Å². The molecule has 6 heterocycles. The molecule has 0 saturated carbocycles. The van der Waals surface area contributed by atoms with Crippen molar-refractivity contribution in [2.75, 3.05) is 65.5 Å². The Kier molecular flexibility index (Phi) is 18.2. The smallest absolute Gasteiger partial charge is 0.324 e. The van der Waals surface area contributed by atoms with Crippen molar-refractivity contribution in [3.8, 4) is 40.0 Å². The van der Waals surface area contributed by atoms with Crippen LogP contribution < -0.4 is 16.5 Å². The van der Waals surface area contributed by atoms with Gasteiger partial charge in [-0.05, 0) is 129 Å². The highest BCUT2D eigenvalue weighted by molar-refractivity contribution is 7.91. The number of aromatic nitrogens is 2. The maximum absolute atomic E-state index is 15.0. The number of hydrogen-bond donors (Lipinski definition) is 4. The highest BCUT2D eigenvalue weighted by atomic mass is 32.2. The van der Waals surface area contributed by atoms with E-state index in [2.05, 4.69) is 71.0 Å². The lowest BCUT2D eigenvalue weighted by molar-refractivity contribution is -0.155. The highest BCUT2D eigenvalue weighted by Gasteiger charge is 2.43. The number of ether oxygens (including phenoxy) is 3. The van der Waals surface area contributed by atoms with Gasteiger partial charge in [0.1, 0.15) is 39.8 Å². The second-order valence-corrected chi connectivity index (χ2v) is 26.2. The van der Waals surface area contributed by atoms with Gasteiger partial charge >= 0.3 is 5.97 Å². The van der Waals surface area contributed by atoms with Crippen molar-refractivity contribution in [2.24, 2.45) is 11.3 Å². The Morgan fingerprint density at radius 1 is 1.00 bits per heavy atom. The summed E-state index contributed by atoms with van der Waals surface area (Å²) < 4.78 is 45.0. The summed E-state index contributed by atoms with van der Waals surface area (Å²) in [5.41, 5.74) is 17.2. The minimum Gasteiger partial charge on any atom is -0.508 e. The first kappa shape index (κ1) is 59.8. The Morgan fingerprint density at radius 3 is 2.44 bits per heavy atom. The fourth-order valence-electron chi connectivity index (χ4n) is 12.4. The molecule has 3 saturated heterocycles. The van der Waals surface area contributed by atoms with E-state index >= 15 is 0 Å². The largest absolute Gasteiger partial charge is 0.508 e. The molecule has 0 radical (unpaired) electrons. The zero-order chi connectivity index (χ0) is 58.8. The number of benzene rings is 3. The van der Waals surface area contributed by atoms with Crippen LogP contribution in [0.25, 0.3) is 33.3 Å². The van der Waals surface area contributed by atoms with Crippen LogP contribution in [0.3, 0.4) is 0 Å². The van der Waals surface area contributed by atoms with Crippen molar-refractivity contribution in [2.45, 2.75) is 135 Å². The number of amides is 3.